The lowest BCUT2D eigenvalue weighted by Crippen LogP contribution is -2.31. The van der Waals surface area contributed by atoms with Crippen LogP contribution in [0.25, 0.3) is 0 Å². The molecule has 1 aliphatic heterocycles. The number of ether oxygens (including phenoxy) is 2. The van der Waals surface area contributed by atoms with E-state index < -0.39 is 6.04 Å². The van der Waals surface area contributed by atoms with E-state index in [0.717, 1.165) is 11.1 Å². The smallest absolute Gasteiger partial charge is 0.255 e. The summed E-state index contributed by atoms with van der Waals surface area (Å²) in [6.45, 7) is 4.51. The van der Waals surface area contributed by atoms with Gasteiger partial charge in [0.25, 0.3) is 5.91 Å². The van der Waals surface area contributed by atoms with Crippen LogP contribution < -0.4 is 20.1 Å². The van der Waals surface area contributed by atoms with E-state index in [-0.39, 0.29) is 5.91 Å². The van der Waals surface area contributed by atoms with Crippen molar-refractivity contribution in [3.63, 3.8) is 0 Å². The van der Waals surface area contributed by atoms with Gasteiger partial charge in [0.15, 0.2) is 0 Å². The van der Waals surface area contributed by atoms with Crippen LogP contribution in [0.3, 0.4) is 0 Å². The maximum atomic E-state index is 13.7. The van der Waals surface area contributed by atoms with Crippen LogP contribution in [-0.2, 0) is 11.4 Å². The Morgan fingerprint density at radius 2 is 1.89 bits per heavy atom. The average molecular weight is 517 g/mol. The maximum absolute atomic E-state index is 13.7. The van der Waals surface area contributed by atoms with Crippen molar-refractivity contribution < 1.29 is 14.3 Å². The number of rotatable bonds is 8. The van der Waals surface area contributed by atoms with E-state index >= 15 is 0 Å². The van der Waals surface area contributed by atoms with Gasteiger partial charge >= 0.3 is 0 Å². The highest BCUT2D eigenvalue weighted by molar-refractivity contribution is 6.31. The molecule has 0 aliphatic carbocycles. The second kappa shape index (κ2) is 10.7. The number of allylic oxidation sites excluding steroid dienone is 1. The fourth-order valence-electron chi connectivity index (χ4n) is 4.21. The highest BCUT2D eigenvalue weighted by Crippen LogP contribution is 2.37. The molecule has 1 atom stereocenters. The summed E-state index contributed by atoms with van der Waals surface area (Å²) in [4.78, 5) is 13.7. The SMILES string of the molecule is CCOc1ccccc1NC(=O)C1=C(C)Nc2nnnn2C1c1cccc(OCc2ccccc2Cl)c1. The third-order valence-corrected chi connectivity index (χ3v) is 6.29. The van der Waals surface area contributed by atoms with Crippen LogP contribution in [0.2, 0.25) is 5.02 Å². The minimum atomic E-state index is -0.589. The quantitative estimate of drug-likeness (QED) is 0.330. The minimum Gasteiger partial charge on any atom is -0.492 e. The number of aromatic nitrogens is 4. The Kier molecular flexibility index (Phi) is 7.04. The first-order chi connectivity index (χ1) is 18.0. The number of carbonyl (C=O) groups excluding carboxylic acids is 1. The summed E-state index contributed by atoms with van der Waals surface area (Å²) in [5.41, 5.74) is 3.35. The molecule has 0 saturated heterocycles. The Balaban J connectivity index is 1.47. The summed E-state index contributed by atoms with van der Waals surface area (Å²) in [7, 11) is 0. The van der Waals surface area contributed by atoms with Crippen molar-refractivity contribution in [1.29, 1.82) is 0 Å². The fourth-order valence-corrected chi connectivity index (χ4v) is 4.40. The molecule has 3 aromatic carbocycles. The van der Waals surface area contributed by atoms with Gasteiger partial charge in [-0.15, -0.1) is 0 Å². The first-order valence-corrected chi connectivity index (χ1v) is 12.2. The van der Waals surface area contributed by atoms with E-state index in [1.54, 1.807) is 10.7 Å². The second-order valence-electron chi connectivity index (χ2n) is 8.35. The van der Waals surface area contributed by atoms with E-state index in [0.29, 0.717) is 52.6 Å². The maximum Gasteiger partial charge on any atom is 0.255 e. The molecular formula is C27H25ClN6O3. The largest absolute Gasteiger partial charge is 0.492 e. The van der Waals surface area contributed by atoms with Crippen molar-refractivity contribution in [3.8, 4) is 11.5 Å². The van der Waals surface area contributed by atoms with Crippen LogP contribution in [0.15, 0.2) is 84.1 Å². The molecule has 1 unspecified atom stereocenters. The molecule has 0 spiro atoms. The van der Waals surface area contributed by atoms with E-state index in [9.17, 15) is 4.79 Å². The van der Waals surface area contributed by atoms with Crippen LogP contribution in [0.1, 0.15) is 31.0 Å². The molecule has 5 rings (SSSR count). The predicted octanol–water partition coefficient (Wildman–Crippen LogP) is 5.23. The number of benzene rings is 3. The Hall–Kier alpha value is -4.37. The van der Waals surface area contributed by atoms with Gasteiger partial charge in [-0.1, -0.05) is 59.2 Å². The van der Waals surface area contributed by atoms with Crippen LogP contribution in [-0.4, -0.2) is 32.7 Å². The van der Waals surface area contributed by atoms with E-state index in [1.807, 2.05) is 80.6 Å². The number of hydrogen-bond acceptors (Lipinski definition) is 7. The first kappa shape index (κ1) is 24.3. The zero-order valence-corrected chi connectivity index (χ0v) is 21.1. The van der Waals surface area contributed by atoms with Crippen molar-refractivity contribution in [1.82, 2.24) is 20.2 Å². The van der Waals surface area contributed by atoms with E-state index in [1.165, 1.54) is 0 Å². The summed E-state index contributed by atoms with van der Waals surface area (Å²) >= 11 is 6.28. The number of tetrazole rings is 1. The Bertz CT molecular complexity index is 1470. The number of nitrogens with one attached hydrogen (secondary N) is 2. The Labute approximate surface area is 219 Å². The number of carbonyl (C=O) groups is 1. The number of fused-ring (bicyclic) bond motifs is 1. The van der Waals surface area contributed by atoms with Gasteiger partial charge in [-0.3, -0.25) is 4.79 Å². The number of anilines is 2. The summed E-state index contributed by atoms with van der Waals surface area (Å²) < 4.78 is 13.3. The van der Waals surface area contributed by atoms with Gasteiger partial charge in [0, 0.05) is 16.3 Å². The highest BCUT2D eigenvalue weighted by atomic mass is 35.5. The van der Waals surface area contributed by atoms with Crippen LogP contribution in [0.4, 0.5) is 11.6 Å². The van der Waals surface area contributed by atoms with Crippen molar-refractivity contribution >= 4 is 29.1 Å². The number of nitrogens with zero attached hydrogens (tertiary/aromatic N) is 4. The summed E-state index contributed by atoms with van der Waals surface area (Å²) in [5, 5.41) is 18.8. The molecule has 1 amide bonds. The van der Waals surface area contributed by atoms with Gasteiger partial charge in [0.05, 0.1) is 17.9 Å². The molecule has 1 aliphatic rings. The zero-order chi connectivity index (χ0) is 25.8. The molecular weight excluding hydrogens is 492 g/mol. The zero-order valence-electron chi connectivity index (χ0n) is 20.3. The lowest BCUT2D eigenvalue weighted by molar-refractivity contribution is -0.113. The van der Waals surface area contributed by atoms with E-state index in [4.69, 9.17) is 21.1 Å². The molecule has 9 nitrogen and oxygen atoms in total. The standard InChI is InChI=1S/C27H25ClN6O3/c1-3-36-23-14-7-6-13-22(23)30-26(35)24-17(2)29-27-31-32-33-34(27)25(24)18-10-8-11-20(15-18)37-16-19-9-4-5-12-21(19)28/h4-15,25H,3,16H2,1-2H3,(H,30,35)(H,29,31,33). The summed E-state index contributed by atoms with van der Waals surface area (Å²) in [5.74, 6) is 1.36. The van der Waals surface area contributed by atoms with Crippen molar-refractivity contribution in [3.05, 3.63) is 100 Å². The van der Waals surface area contributed by atoms with Crippen LogP contribution in [0, 0.1) is 0 Å². The van der Waals surface area contributed by atoms with Gasteiger partial charge in [-0.05, 0) is 60.2 Å². The summed E-state index contributed by atoms with van der Waals surface area (Å²) in [6, 6.07) is 21.8. The lowest BCUT2D eigenvalue weighted by atomic mass is 9.94. The molecule has 37 heavy (non-hydrogen) atoms. The molecule has 1 aromatic heterocycles. The molecule has 0 saturated carbocycles. The molecule has 0 bridgehead atoms. The molecule has 2 heterocycles. The van der Waals surface area contributed by atoms with Gasteiger partial charge in [-0.25, -0.2) is 0 Å². The molecule has 4 aromatic rings. The van der Waals surface area contributed by atoms with E-state index in [2.05, 4.69) is 26.2 Å². The molecule has 188 valence electrons. The minimum absolute atomic E-state index is 0.300. The van der Waals surface area contributed by atoms with Crippen molar-refractivity contribution in [2.75, 3.05) is 17.2 Å². The fraction of sp³-hybridized carbons (Fsp3) is 0.185. The predicted molar refractivity (Wildman–Crippen MR) is 141 cm³/mol. The third kappa shape index (κ3) is 5.12. The summed E-state index contributed by atoms with van der Waals surface area (Å²) in [6.07, 6.45) is 0. The van der Waals surface area contributed by atoms with Gasteiger partial charge in [-0.2, -0.15) is 4.68 Å². The molecule has 0 radical (unpaired) electrons. The topological polar surface area (TPSA) is 103 Å². The van der Waals surface area contributed by atoms with Crippen molar-refractivity contribution in [2.45, 2.75) is 26.5 Å². The monoisotopic (exact) mass is 516 g/mol. The van der Waals surface area contributed by atoms with Gasteiger partial charge < -0.3 is 20.1 Å². The van der Waals surface area contributed by atoms with Crippen LogP contribution in [0.5, 0.6) is 11.5 Å². The van der Waals surface area contributed by atoms with Crippen LogP contribution >= 0.6 is 11.6 Å². The first-order valence-electron chi connectivity index (χ1n) is 11.8. The normalized spacial score (nSPS) is 14.5. The number of amides is 1. The molecule has 2 N–H and O–H groups in total. The Morgan fingerprint density at radius 3 is 2.73 bits per heavy atom. The number of para-hydroxylation sites is 2. The number of halogens is 1. The number of hydrogen-bond donors (Lipinski definition) is 2. The van der Waals surface area contributed by atoms with Crippen molar-refractivity contribution in [2.24, 2.45) is 0 Å². The third-order valence-electron chi connectivity index (χ3n) is 5.92. The van der Waals surface area contributed by atoms with Gasteiger partial charge in [0.1, 0.15) is 24.1 Å². The Morgan fingerprint density at radius 1 is 1.08 bits per heavy atom. The molecule has 10 heteroatoms. The second-order valence-corrected chi connectivity index (χ2v) is 8.76. The highest BCUT2D eigenvalue weighted by Gasteiger charge is 2.34. The lowest BCUT2D eigenvalue weighted by Gasteiger charge is -2.28. The molecule has 0 fully saturated rings. The van der Waals surface area contributed by atoms with Gasteiger partial charge in [0.2, 0.25) is 5.95 Å². The average Bonchev–Trinajstić information content (AvgIpc) is 3.37.